The smallest absolute Gasteiger partial charge is 0.180 e. The maximum Gasteiger partial charge on any atom is 0.180 e. The minimum atomic E-state index is 0.646. The molecule has 3 aromatic carbocycles. The van der Waals surface area contributed by atoms with Crippen molar-refractivity contribution < 1.29 is 10.2 Å². The highest BCUT2D eigenvalue weighted by atomic mass is 32.2. The molecule has 0 saturated carbocycles. The summed E-state index contributed by atoms with van der Waals surface area (Å²) in [6.07, 6.45) is 1.79. The van der Waals surface area contributed by atoms with Crippen LogP contribution < -0.4 is 15.8 Å². The molecule has 0 fully saturated rings. The van der Waals surface area contributed by atoms with Gasteiger partial charge >= 0.3 is 0 Å². The summed E-state index contributed by atoms with van der Waals surface area (Å²) in [5, 5.41) is 18.5. The molecule has 5 rings (SSSR count). The molecule has 0 bridgehead atoms. The average Bonchev–Trinajstić information content (AvgIpc) is 2.90. The van der Waals surface area contributed by atoms with Gasteiger partial charge in [0.25, 0.3) is 0 Å². The third-order valence-corrected chi connectivity index (χ3v) is 5.34. The Hall–Kier alpha value is -3.92. The lowest BCUT2D eigenvalue weighted by atomic mass is 10.2. The fraction of sp³-hybridized carbons (Fsp3) is 0.0800. The fourth-order valence-corrected chi connectivity index (χ4v) is 3.83. The Kier molecular flexibility index (Phi) is 8.98. The van der Waals surface area contributed by atoms with E-state index in [0.717, 1.165) is 52.4 Å². The van der Waals surface area contributed by atoms with Gasteiger partial charge in [0.1, 0.15) is 0 Å². The Morgan fingerprint density at radius 3 is 2.21 bits per heavy atom. The predicted molar refractivity (Wildman–Crippen MR) is 141 cm³/mol. The number of para-hydroxylation sites is 2. The van der Waals surface area contributed by atoms with Crippen molar-refractivity contribution in [3.8, 4) is 0 Å². The van der Waals surface area contributed by atoms with E-state index in [1.807, 2.05) is 78.9 Å². The van der Waals surface area contributed by atoms with Crippen LogP contribution in [0.2, 0.25) is 0 Å². The number of aromatic nitrogens is 3. The van der Waals surface area contributed by atoms with Crippen LogP contribution in [0.4, 0.5) is 23.0 Å². The van der Waals surface area contributed by atoms with E-state index >= 15 is 0 Å². The maximum atomic E-state index is 7.00. The number of aliphatic hydroxyl groups is 2. The van der Waals surface area contributed by atoms with Crippen molar-refractivity contribution in [2.75, 3.05) is 30.0 Å². The van der Waals surface area contributed by atoms with Crippen molar-refractivity contribution in [2.45, 2.75) is 4.90 Å². The predicted octanol–water partition coefficient (Wildman–Crippen LogP) is 4.84. The zero-order valence-corrected chi connectivity index (χ0v) is 19.6. The van der Waals surface area contributed by atoms with Gasteiger partial charge in [-0.15, -0.1) is 0 Å². The first-order chi connectivity index (χ1) is 16.7. The number of nitrogens with zero attached hydrogens (tertiary/aromatic N) is 3. The number of nitrogens with one attached hydrogen (secondary N) is 2. The summed E-state index contributed by atoms with van der Waals surface area (Å²) in [6.45, 7) is 0. The van der Waals surface area contributed by atoms with Crippen molar-refractivity contribution in [1.82, 2.24) is 15.0 Å². The van der Waals surface area contributed by atoms with Crippen LogP contribution in [0, 0.1) is 0 Å². The van der Waals surface area contributed by atoms with Gasteiger partial charge in [-0.25, -0.2) is 9.97 Å². The maximum absolute atomic E-state index is 7.00. The quantitative estimate of drug-likeness (QED) is 0.179. The normalized spacial score (nSPS) is 10.0. The number of hydrogen-bond acceptors (Lipinski definition) is 9. The first-order valence-corrected chi connectivity index (χ1v) is 11.1. The minimum Gasteiger partial charge on any atom is -0.400 e. The molecule has 5 aromatic rings. The number of fused-ring (bicyclic) bond motifs is 2. The largest absolute Gasteiger partial charge is 0.400 e. The lowest BCUT2D eigenvalue weighted by Gasteiger charge is -2.13. The SMILES string of the molecule is CO.CO.Nc1cccc(SNc2nc3ccccc3nc2Nc2ccc3ncccc3c2)c1. The topological polar surface area (TPSA) is 129 Å². The van der Waals surface area contributed by atoms with E-state index in [1.54, 1.807) is 6.20 Å². The Labute approximate surface area is 202 Å². The summed E-state index contributed by atoms with van der Waals surface area (Å²) in [6, 6.07) is 25.5. The number of nitrogen functional groups attached to an aromatic ring is 1. The Bertz CT molecular complexity index is 1370. The molecule has 2 aromatic heterocycles. The second-order valence-corrected chi connectivity index (χ2v) is 7.60. The molecule has 2 heterocycles. The fourth-order valence-electron chi connectivity index (χ4n) is 3.13. The first kappa shape index (κ1) is 24.7. The Balaban J connectivity index is 0.000000771. The Morgan fingerprint density at radius 1 is 0.735 bits per heavy atom. The summed E-state index contributed by atoms with van der Waals surface area (Å²) in [5.74, 6) is 1.29. The van der Waals surface area contributed by atoms with Crippen LogP contribution in [-0.2, 0) is 0 Å². The van der Waals surface area contributed by atoms with Crippen molar-refractivity contribution in [3.05, 3.63) is 85.1 Å². The highest BCUT2D eigenvalue weighted by Gasteiger charge is 2.10. The lowest BCUT2D eigenvalue weighted by Crippen LogP contribution is -2.02. The molecule has 0 aliphatic rings. The van der Waals surface area contributed by atoms with Gasteiger partial charge in [-0.2, -0.15) is 0 Å². The van der Waals surface area contributed by atoms with Gasteiger partial charge in [0.15, 0.2) is 11.6 Å². The Morgan fingerprint density at radius 2 is 1.47 bits per heavy atom. The summed E-state index contributed by atoms with van der Waals surface area (Å²) >= 11 is 1.44. The highest BCUT2D eigenvalue weighted by molar-refractivity contribution is 8.00. The van der Waals surface area contributed by atoms with Gasteiger partial charge in [-0.1, -0.05) is 24.3 Å². The van der Waals surface area contributed by atoms with E-state index in [9.17, 15) is 0 Å². The van der Waals surface area contributed by atoms with E-state index in [1.165, 1.54) is 11.9 Å². The number of nitrogens with two attached hydrogens (primary N) is 1. The summed E-state index contributed by atoms with van der Waals surface area (Å²) < 4.78 is 3.32. The molecule has 34 heavy (non-hydrogen) atoms. The van der Waals surface area contributed by atoms with Crippen LogP contribution in [0.5, 0.6) is 0 Å². The van der Waals surface area contributed by atoms with Crippen molar-refractivity contribution in [3.63, 3.8) is 0 Å². The number of hydrogen-bond donors (Lipinski definition) is 5. The van der Waals surface area contributed by atoms with Crippen LogP contribution in [0.3, 0.4) is 0 Å². The summed E-state index contributed by atoms with van der Waals surface area (Å²) in [5.41, 5.74) is 10.1. The third kappa shape index (κ3) is 6.10. The van der Waals surface area contributed by atoms with Crippen molar-refractivity contribution in [1.29, 1.82) is 0 Å². The van der Waals surface area contributed by atoms with Crippen molar-refractivity contribution in [2.24, 2.45) is 0 Å². The minimum absolute atomic E-state index is 0.646. The van der Waals surface area contributed by atoms with E-state index in [0.29, 0.717) is 11.6 Å². The third-order valence-electron chi connectivity index (χ3n) is 4.56. The van der Waals surface area contributed by atoms with Gasteiger partial charge in [0.2, 0.25) is 0 Å². The van der Waals surface area contributed by atoms with Crippen LogP contribution in [0.15, 0.2) is 90.0 Å². The van der Waals surface area contributed by atoms with E-state index in [-0.39, 0.29) is 0 Å². The van der Waals surface area contributed by atoms with Gasteiger partial charge < -0.3 is 26.0 Å². The molecular weight excluding hydrogens is 448 g/mol. The van der Waals surface area contributed by atoms with E-state index in [4.69, 9.17) is 25.9 Å². The average molecular weight is 475 g/mol. The second-order valence-electron chi connectivity index (χ2n) is 6.72. The zero-order chi connectivity index (χ0) is 24.3. The van der Waals surface area contributed by atoms with Gasteiger partial charge in [0, 0.05) is 42.1 Å². The number of pyridine rings is 1. The molecule has 0 saturated heterocycles. The van der Waals surface area contributed by atoms with Crippen LogP contribution >= 0.6 is 11.9 Å². The molecule has 174 valence electrons. The number of benzene rings is 3. The van der Waals surface area contributed by atoms with E-state index < -0.39 is 0 Å². The summed E-state index contributed by atoms with van der Waals surface area (Å²) in [7, 11) is 2.00. The van der Waals surface area contributed by atoms with Crippen LogP contribution in [0.1, 0.15) is 0 Å². The molecule has 0 aliphatic carbocycles. The second kappa shape index (κ2) is 12.4. The molecule has 0 amide bonds. The molecule has 0 atom stereocenters. The zero-order valence-electron chi connectivity index (χ0n) is 18.8. The van der Waals surface area contributed by atoms with Crippen molar-refractivity contribution >= 4 is 56.9 Å². The first-order valence-electron chi connectivity index (χ1n) is 10.3. The molecule has 8 nitrogen and oxygen atoms in total. The van der Waals surface area contributed by atoms with Gasteiger partial charge in [0.05, 0.1) is 16.6 Å². The molecule has 6 N–H and O–H groups in total. The number of aliphatic hydroxyl groups excluding tert-OH is 2. The van der Waals surface area contributed by atoms with E-state index in [2.05, 4.69) is 15.0 Å². The van der Waals surface area contributed by atoms with Gasteiger partial charge in [-0.05, 0) is 66.5 Å². The van der Waals surface area contributed by atoms with Gasteiger partial charge in [-0.3, -0.25) is 4.98 Å². The molecular formula is C25H26N6O2S. The number of anilines is 4. The molecule has 0 unspecified atom stereocenters. The molecule has 0 radical (unpaired) electrons. The highest BCUT2D eigenvalue weighted by Crippen LogP contribution is 2.30. The molecule has 0 spiro atoms. The number of rotatable bonds is 5. The standard InChI is InChI=1S/C23H18N6S.2CH4O/c24-16-6-3-7-18(14-16)30-29-23-22(27-20-8-1-2-9-21(20)28-23)26-17-10-11-19-15(13-17)5-4-12-25-19;2*1-2/h1-14H,24H2,(H,26,27)(H,28,29);2*2H,1H3. The molecule has 0 aliphatic heterocycles. The molecule has 9 heteroatoms. The monoisotopic (exact) mass is 474 g/mol. The van der Waals surface area contributed by atoms with Crippen LogP contribution in [0.25, 0.3) is 21.9 Å². The van der Waals surface area contributed by atoms with Crippen LogP contribution in [-0.4, -0.2) is 39.4 Å². The lowest BCUT2D eigenvalue weighted by molar-refractivity contribution is 0.399. The summed E-state index contributed by atoms with van der Waals surface area (Å²) in [4.78, 5) is 14.9.